The number of para-hydroxylation sites is 1. The summed E-state index contributed by atoms with van der Waals surface area (Å²) in [6.07, 6.45) is 0.705. The van der Waals surface area contributed by atoms with Gasteiger partial charge in [0.1, 0.15) is 11.6 Å². The van der Waals surface area contributed by atoms with Gasteiger partial charge in [-0.3, -0.25) is 5.10 Å². The molecule has 1 aromatic heterocycles. The molecule has 1 atom stereocenters. The van der Waals surface area contributed by atoms with Crippen LogP contribution in [0.25, 0.3) is 0 Å². The number of primary sulfonamides is 1. The average molecular weight is 280 g/mol. The first-order chi connectivity index (χ1) is 9.05. The van der Waals surface area contributed by atoms with Crippen LogP contribution in [0, 0.1) is 0 Å². The molecule has 0 saturated carbocycles. The number of ether oxygens (including phenoxy) is 1. The molecule has 2 aromatic rings. The van der Waals surface area contributed by atoms with Crippen molar-refractivity contribution in [3.8, 4) is 5.75 Å². The van der Waals surface area contributed by atoms with Gasteiger partial charge in [0.2, 0.25) is 0 Å². The maximum Gasteiger partial charge on any atom is 0.282 e. The Hall–Kier alpha value is -1.93. The number of fused-ring (bicyclic) bond motifs is 1. The van der Waals surface area contributed by atoms with Crippen LogP contribution in [0.1, 0.15) is 23.7 Å². The second-order valence-electron chi connectivity index (χ2n) is 4.28. The van der Waals surface area contributed by atoms with Gasteiger partial charge < -0.3 is 4.74 Å². The second-order valence-corrected chi connectivity index (χ2v) is 5.73. The molecule has 3 N–H and O–H groups in total. The van der Waals surface area contributed by atoms with Crippen molar-refractivity contribution < 1.29 is 13.2 Å². The number of hydrogen-bond acceptors (Lipinski definition) is 5. The molecule has 8 heteroatoms. The topological polar surface area (TPSA) is 111 Å². The Kier molecular flexibility index (Phi) is 2.76. The minimum Gasteiger partial charge on any atom is -0.493 e. The maximum absolute atomic E-state index is 11.2. The van der Waals surface area contributed by atoms with Crippen molar-refractivity contribution in [1.29, 1.82) is 0 Å². The lowest BCUT2D eigenvalue weighted by atomic mass is 9.93. The van der Waals surface area contributed by atoms with Crippen molar-refractivity contribution in [1.82, 2.24) is 15.2 Å². The van der Waals surface area contributed by atoms with Crippen LogP contribution in [0.15, 0.2) is 29.4 Å². The molecule has 0 radical (unpaired) electrons. The summed E-state index contributed by atoms with van der Waals surface area (Å²) in [5.74, 6) is 1.21. The third kappa shape index (κ3) is 2.20. The van der Waals surface area contributed by atoms with Crippen molar-refractivity contribution >= 4 is 10.0 Å². The molecule has 1 aromatic carbocycles. The minimum absolute atomic E-state index is 0.0621. The second kappa shape index (κ2) is 4.32. The number of nitrogens with zero attached hydrogens (tertiary/aromatic N) is 2. The molecule has 0 saturated heterocycles. The van der Waals surface area contributed by atoms with Gasteiger partial charge >= 0.3 is 0 Å². The van der Waals surface area contributed by atoms with Crippen LogP contribution in [-0.4, -0.2) is 30.2 Å². The number of sulfonamides is 1. The first kappa shape index (κ1) is 12.1. The summed E-state index contributed by atoms with van der Waals surface area (Å²) < 4.78 is 27.9. The molecule has 7 nitrogen and oxygen atoms in total. The molecular formula is C11H12N4O3S. The van der Waals surface area contributed by atoms with E-state index in [0.29, 0.717) is 18.9 Å². The number of nitrogens with two attached hydrogens (primary N) is 1. The van der Waals surface area contributed by atoms with Crippen LogP contribution in [-0.2, 0) is 10.0 Å². The summed E-state index contributed by atoms with van der Waals surface area (Å²) in [4.78, 5) is 3.97. The van der Waals surface area contributed by atoms with Crippen LogP contribution in [0.2, 0.25) is 0 Å². The van der Waals surface area contributed by atoms with Crippen molar-refractivity contribution in [3.63, 3.8) is 0 Å². The normalized spacial score (nSPS) is 18.7. The largest absolute Gasteiger partial charge is 0.493 e. The first-order valence-corrected chi connectivity index (χ1v) is 7.27. The maximum atomic E-state index is 11.2. The SMILES string of the molecule is NS(=O)(=O)c1n[nH]c(C2CCOc3ccccc32)n1. The van der Waals surface area contributed by atoms with Crippen LogP contribution < -0.4 is 9.88 Å². The Balaban J connectivity index is 2.02. The van der Waals surface area contributed by atoms with Crippen LogP contribution in [0.3, 0.4) is 0 Å². The predicted octanol–water partition coefficient (Wildman–Crippen LogP) is 0.366. The minimum atomic E-state index is -3.88. The Morgan fingerprint density at radius 2 is 2.16 bits per heavy atom. The van der Waals surface area contributed by atoms with Crippen LogP contribution in [0.4, 0.5) is 0 Å². The molecule has 1 aliphatic heterocycles. The van der Waals surface area contributed by atoms with Crippen molar-refractivity contribution in [2.75, 3.05) is 6.61 Å². The quantitative estimate of drug-likeness (QED) is 0.825. The van der Waals surface area contributed by atoms with Crippen molar-refractivity contribution in [3.05, 3.63) is 35.7 Å². The summed E-state index contributed by atoms with van der Waals surface area (Å²) >= 11 is 0. The molecule has 19 heavy (non-hydrogen) atoms. The number of nitrogens with one attached hydrogen (secondary N) is 1. The lowest BCUT2D eigenvalue weighted by molar-refractivity contribution is 0.274. The Morgan fingerprint density at radius 1 is 1.37 bits per heavy atom. The predicted molar refractivity (Wildman–Crippen MR) is 66.2 cm³/mol. The highest BCUT2D eigenvalue weighted by Gasteiger charge is 2.27. The third-order valence-electron chi connectivity index (χ3n) is 3.03. The van der Waals surface area contributed by atoms with Crippen molar-refractivity contribution in [2.45, 2.75) is 17.5 Å². The van der Waals surface area contributed by atoms with Crippen molar-refractivity contribution in [2.24, 2.45) is 5.14 Å². The van der Waals surface area contributed by atoms with Gasteiger partial charge in [-0.25, -0.2) is 18.5 Å². The summed E-state index contributed by atoms with van der Waals surface area (Å²) in [7, 11) is -3.88. The zero-order valence-corrected chi connectivity index (χ0v) is 10.7. The summed E-state index contributed by atoms with van der Waals surface area (Å²) in [6.45, 7) is 0.549. The van der Waals surface area contributed by atoms with Gasteiger partial charge in [0.25, 0.3) is 15.2 Å². The summed E-state index contributed by atoms with van der Waals surface area (Å²) in [5.41, 5.74) is 0.964. The van der Waals surface area contributed by atoms with E-state index in [9.17, 15) is 8.42 Å². The van der Waals surface area contributed by atoms with Crippen LogP contribution in [0.5, 0.6) is 5.75 Å². The molecule has 100 valence electrons. The average Bonchev–Trinajstić information content (AvgIpc) is 2.87. The van der Waals surface area contributed by atoms with E-state index >= 15 is 0 Å². The molecule has 0 amide bonds. The fourth-order valence-electron chi connectivity index (χ4n) is 2.17. The zero-order valence-electron chi connectivity index (χ0n) is 9.91. The Labute approximate surface area is 109 Å². The Bertz CT molecular complexity index is 710. The molecule has 2 heterocycles. The summed E-state index contributed by atoms with van der Waals surface area (Å²) in [6, 6.07) is 7.59. The zero-order chi connectivity index (χ0) is 13.5. The fourth-order valence-corrected chi connectivity index (χ4v) is 2.57. The standard InChI is InChI=1S/C11H12N4O3S/c12-19(16,17)11-13-10(14-15-11)8-5-6-18-9-4-2-1-3-7(8)9/h1-4,8H,5-6H2,(H2,12,16,17)(H,13,14,15). The molecule has 0 fully saturated rings. The number of benzene rings is 1. The van der Waals surface area contributed by atoms with Gasteiger partial charge in [-0.1, -0.05) is 18.2 Å². The Morgan fingerprint density at radius 3 is 2.89 bits per heavy atom. The molecule has 0 aliphatic carbocycles. The number of aromatic nitrogens is 3. The van der Waals surface area contributed by atoms with E-state index < -0.39 is 10.0 Å². The molecular weight excluding hydrogens is 268 g/mol. The van der Waals surface area contributed by atoms with E-state index in [-0.39, 0.29) is 11.1 Å². The third-order valence-corrected chi connectivity index (χ3v) is 3.72. The van der Waals surface area contributed by atoms with E-state index in [2.05, 4.69) is 15.2 Å². The van der Waals surface area contributed by atoms with E-state index in [1.54, 1.807) is 0 Å². The number of hydrogen-bond donors (Lipinski definition) is 2. The highest BCUT2D eigenvalue weighted by molar-refractivity contribution is 7.89. The van der Waals surface area contributed by atoms with Gasteiger partial charge in [0.15, 0.2) is 0 Å². The lowest BCUT2D eigenvalue weighted by Gasteiger charge is -2.23. The summed E-state index contributed by atoms with van der Waals surface area (Å²) in [5, 5.41) is 10.9. The molecule has 0 bridgehead atoms. The molecule has 3 rings (SSSR count). The highest BCUT2D eigenvalue weighted by atomic mass is 32.2. The van der Waals surface area contributed by atoms with E-state index in [1.165, 1.54) is 0 Å². The van der Waals surface area contributed by atoms with Gasteiger partial charge in [0, 0.05) is 5.56 Å². The molecule has 1 unspecified atom stereocenters. The highest BCUT2D eigenvalue weighted by Crippen LogP contribution is 2.36. The number of H-pyrrole nitrogens is 1. The number of aromatic amines is 1. The van der Waals surface area contributed by atoms with E-state index in [1.807, 2.05) is 24.3 Å². The fraction of sp³-hybridized carbons (Fsp3) is 0.273. The van der Waals surface area contributed by atoms with Gasteiger partial charge in [-0.2, -0.15) is 0 Å². The first-order valence-electron chi connectivity index (χ1n) is 5.72. The molecule has 0 spiro atoms. The number of rotatable bonds is 2. The molecule has 1 aliphatic rings. The monoisotopic (exact) mass is 280 g/mol. The van der Waals surface area contributed by atoms with Crippen LogP contribution >= 0.6 is 0 Å². The van der Waals surface area contributed by atoms with Gasteiger partial charge in [0.05, 0.1) is 12.5 Å². The van der Waals surface area contributed by atoms with Gasteiger partial charge in [-0.05, 0) is 12.5 Å². The lowest BCUT2D eigenvalue weighted by Crippen LogP contribution is -2.17. The smallest absolute Gasteiger partial charge is 0.282 e. The van der Waals surface area contributed by atoms with E-state index in [0.717, 1.165) is 11.3 Å². The van der Waals surface area contributed by atoms with Gasteiger partial charge in [-0.15, -0.1) is 5.10 Å². The van der Waals surface area contributed by atoms with E-state index in [4.69, 9.17) is 9.88 Å².